The molecular formula is C16H27N5O. The zero-order chi connectivity index (χ0) is 15.7. The summed E-state index contributed by atoms with van der Waals surface area (Å²) in [6.07, 6.45) is 0. The minimum Gasteiger partial charge on any atom is -0.378 e. The molecule has 0 spiro atoms. The number of hydrogen-bond donors (Lipinski definition) is 1. The lowest BCUT2D eigenvalue weighted by Gasteiger charge is -2.38. The number of rotatable bonds is 3. The van der Waals surface area contributed by atoms with Gasteiger partial charge in [0, 0.05) is 37.4 Å². The number of aromatic nitrogens is 2. The first kappa shape index (κ1) is 15.6. The molecule has 2 aliphatic heterocycles. The topological polar surface area (TPSA) is 53.5 Å². The van der Waals surface area contributed by atoms with Gasteiger partial charge >= 0.3 is 0 Å². The highest BCUT2D eigenvalue weighted by atomic mass is 16.5. The molecule has 2 fully saturated rings. The number of piperazine rings is 1. The van der Waals surface area contributed by atoms with Crippen molar-refractivity contribution in [1.29, 1.82) is 0 Å². The molecule has 0 saturated carbocycles. The number of anilines is 1. The van der Waals surface area contributed by atoms with Gasteiger partial charge in [-0.2, -0.15) is 0 Å². The molecule has 1 aromatic rings. The summed E-state index contributed by atoms with van der Waals surface area (Å²) in [5.41, 5.74) is 2.18. The summed E-state index contributed by atoms with van der Waals surface area (Å²) < 4.78 is 5.76. The Morgan fingerprint density at radius 1 is 1.05 bits per heavy atom. The third-order valence-electron chi connectivity index (χ3n) is 4.88. The van der Waals surface area contributed by atoms with E-state index in [0.717, 1.165) is 62.3 Å². The van der Waals surface area contributed by atoms with Gasteiger partial charge in [-0.05, 0) is 27.8 Å². The van der Waals surface area contributed by atoms with Crippen LogP contribution in [0.4, 0.5) is 5.82 Å². The zero-order valence-electron chi connectivity index (χ0n) is 14.1. The molecule has 3 rings (SSSR count). The zero-order valence-corrected chi connectivity index (χ0v) is 14.1. The van der Waals surface area contributed by atoms with E-state index < -0.39 is 0 Å². The van der Waals surface area contributed by atoms with Gasteiger partial charge in [0.15, 0.2) is 0 Å². The van der Waals surface area contributed by atoms with Gasteiger partial charge in [-0.1, -0.05) is 0 Å². The van der Waals surface area contributed by atoms with Gasteiger partial charge in [0.05, 0.1) is 25.3 Å². The van der Waals surface area contributed by atoms with Crippen molar-refractivity contribution in [2.75, 3.05) is 51.8 Å². The quantitative estimate of drug-likeness (QED) is 0.893. The Kier molecular flexibility index (Phi) is 4.61. The van der Waals surface area contributed by atoms with Crippen LogP contribution in [0.5, 0.6) is 0 Å². The Bertz CT molecular complexity index is 528. The molecule has 0 unspecified atom stereocenters. The van der Waals surface area contributed by atoms with E-state index in [0.29, 0.717) is 12.1 Å². The van der Waals surface area contributed by atoms with Gasteiger partial charge in [0.1, 0.15) is 11.6 Å². The molecule has 2 aliphatic rings. The van der Waals surface area contributed by atoms with Crippen LogP contribution in [0.3, 0.4) is 0 Å². The Balaban J connectivity index is 1.71. The maximum absolute atomic E-state index is 5.76. The first-order valence-electron chi connectivity index (χ1n) is 8.13. The molecule has 0 radical (unpaired) electrons. The molecule has 0 aromatic carbocycles. The molecule has 2 atom stereocenters. The maximum Gasteiger partial charge on any atom is 0.133 e. The summed E-state index contributed by atoms with van der Waals surface area (Å²) in [5.74, 6) is 1.78. The Morgan fingerprint density at radius 2 is 1.77 bits per heavy atom. The molecule has 1 N–H and O–H groups in total. The van der Waals surface area contributed by atoms with Crippen LogP contribution in [-0.4, -0.2) is 78.3 Å². The monoisotopic (exact) mass is 305 g/mol. The smallest absolute Gasteiger partial charge is 0.133 e. The van der Waals surface area contributed by atoms with Gasteiger partial charge in [0.25, 0.3) is 0 Å². The lowest BCUT2D eigenvalue weighted by molar-refractivity contribution is 0.0948. The van der Waals surface area contributed by atoms with Crippen molar-refractivity contribution < 1.29 is 4.74 Å². The third kappa shape index (κ3) is 3.24. The maximum atomic E-state index is 5.76. The molecule has 6 heteroatoms. The number of nitrogens with zero attached hydrogens (tertiary/aromatic N) is 4. The van der Waals surface area contributed by atoms with E-state index in [9.17, 15) is 0 Å². The van der Waals surface area contributed by atoms with E-state index in [4.69, 9.17) is 4.74 Å². The van der Waals surface area contributed by atoms with E-state index >= 15 is 0 Å². The van der Waals surface area contributed by atoms with Crippen molar-refractivity contribution in [3.05, 3.63) is 17.1 Å². The lowest BCUT2D eigenvalue weighted by Crippen LogP contribution is -2.54. The van der Waals surface area contributed by atoms with Crippen LogP contribution in [-0.2, 0) is 4.74 Å². The fraction of sp³-hybridized carbons (Fsp3) is 0.750. The second-order valence-electron chi connectivity index (χ2n) is 6.52. The molecule has 0 bridgehead atoms. The van der Waals surface area contributed by atoms with Crippen LogP contribution in [0.2, 0.25) is 0 Å². The molecule has 2 saturated heterocycles. The Hall–Kier alpha value is -1.24. The first-order valence-corrected chi connectivity index (χ1v) is 8.13. The van der Waals surface area contributed by atoms with Crippen molar-refractivity contribution in [1.82, 2.24) is 19.8 Å². The minimum atomic E-state index is 0.302. The minimum absolute atomic E-state index is 0.302. The van der Waals surface area contributed by atoms with E-state index in [1.54, 1.807) is 0 Å². The average Bonchev–Trinajstić information content (AvgIpc) is 2.93. The molecule has 0 aliphatic carbocycles. The largest absolute Gasteiger partial charge is 0.378 e. The summed E-state index contributed by atoms with van der Waals surface area (Å²) in [7, 11) is 2.19. The van der Waals surface area contributed by atoms with Crippen LogP contribution in [0, 0.1) is 20.8 Å². The average molecular weight is 305 g/mol. The predicted molar refractivity (Wildman–Crippen MR) is 87.3 cm³/mol. The Labute approximate surface area is 132 Å². The van der Waals surface area contributed by atoms with E-state index in [-0.39, 0.29) is 0 Å². The standard InChI is InChI=1S/C16H27N5O/c1-11-12(2)17-13(3)18-16(11)19-14-9-22-10-15(14)21-7-5-20(4)6-8-21/h14-15H,5-10H2,1-4H3,(H,17,18,19)/t14-,15-/m0/s1. The fourth-order valence-corrected chi connectivity index (χ4v) is 3.28. The van der Waals surface area contributed by atoms with Crippen LogP contribution >= 0.6 is 0 Å². The molecule has 22 heavy (non-hydrogen) atoms. The lowest BCUT2D eigenvalue weighted by atomic mass is 10.1. The second kappa shape index (κ2) is 6.48. The summed E-state index contributed by atoms with van der Waals surface area (Å²) in [6, 6.07) is 0.736. The molecule has 122 valence electrons. The summed E-state index contributed by atoms with van der Waals surface area (Å²) in [4.78, 5) is 14.0. The van der Waals surface area contributed by atoms with Crippen molar-refractivity contribution in [2.45, 2.75) is 32.9 Å². The second-order valence-corrected chi connectivity index (χ2v) is 6.52. The van der Waals surface area contributed by atoms with Crippen molar-refractivity contribution in [3.63, 3.8) is 0 Å². The number of nitrogens with one attached hydrogen (secondary N) is 1. The van der Waals surface area contributed by atoms with E-state index in [1.165, 1.54) is 0 Å². The number of hydrogen-bond acceptors (Lipinski definition) is 6. The summed E-state index contributed by atoms with van der Waals surface area (Å²) in [5, 5.41) is 3.62. The normalized spacial score (nSPS) is 27.3. The predicted octanol–water partition coefficient (Wildman–Crippen LogP) is 0.829. The molecule has 6 nitrogen and oxygen atoms in total. The van der Waals surface area contributed by atoms with Crippen LogP contribution in [0.15, 0.2) is 0 Å². The SMILES string of the molecule is Cc1nc(C)c(C)c(N[C@H]2COC[C@@H]2N2CCN(C)CC2)n1. The summed E-state index contributed by atoms with van der Waals surface area (Å²) in [6.45, 7) is 12.1. The molecular weight excluding hydrogens is 278 g/mol. The van der Waals surface area contributed by atoms with Crippen LogP contribution < -0.4 is 5.32 Å². The van der Waals surface area contributed by atoms with Crippen molar-refractivity contribution >= 4 is 5.82 Å². The molecule has 1 aromatic heterocycles. The number of likely N-dealkylation sites (N-methyl/N-ethyl adjacent to an activating group) is 1. The highest BCUT2D eigenvalue weighted by molar-refractivity contribution is 5.46. The van der Waals surface area contributed by atoms with Crippen molar-refractivity contribution in [2.24, 2.45) is 0 Å². The van der Waals surface area contributed by atoms with Gasteiger partial charge in [-0.3, -0.25) is 4.90 Å². The van der Waals surface area contributed by atoms with Crippen molar-refractivity contribution in [3.8, 4) is 0 Å². The number of aryl methyl sites for hydroxylation is 2. The van der Waals surface area contributed by atoms with Gasteiger partial charge in [-0.15, -0.1) is 0 Å². The van der Waals surface area contributed by atoms with E-state index in [2.05, 4.69) is 39.1 Å². The summed E-state index contributed by atoms with van der Waals surface area (Å²) >= 11 is 0. The van der Waals surface area contributed by atoms with Crippen LogP contribution in [0.25, 0.3) is 0 Å². The third-order valence-corrected chi connectivity index (χ3v) is 4.88. The Morgan fingerprint density at radius 3 is 2.50 bits per heavy atom. The molecule has 0 amide bonds. The first-order chi connectivity index (χ1) is 10.5. The van der Waals surface area contributed by atoms with E-state index in [1.807, 2.05) is 13.8 Å². The highest BCUT2D eigenvalue weighted by Crippen LogP contribution is 2.22. The number of ether oxygens (including phenoxy) is 1. The van der Waals surface area contributed by atoms with Gasteiger partial charge < -0.3 is 15.0 Å². The van der Waals surface area contributed by atoms with Gasteiger partial charge in [0.2, 0.25) is 0 Å². The van der Waals surface area contributed by atoms with Gasteiger partial charge in [-0.25, -0.2) is 9.97 Å². The van der Waals surface area contributed by atoms with Crippen LogP contribution in [0.1, 0.15) is 17.1 Å². The highest BCUT2D eigenvalue weighted by Gasteiger charge is 2.34. The fourth-order valence-electron chi connectivity index (χ4n) is 3.28. The molecule has 3 heterocycles.